The Bertz CT molecular complexity index is 779. The predicted octanol–water partition coefficient (Wildman–Crippen LogP) is 3.30. The van der Waals surface area contributed by atoms with Crippen LogP contribution in [0.2, 0.25) is 0 Å². The van der Waals surface area contributed by atoms with E-state index in [1.165, 1.54) is 0 Å². The van der Waals surface area contributed by atoms with E-state index in [1.807, 2.05) is 4.90 Å². The number of amides is 2. The Hall–Kier alpha value is -1.42. The van der Waals surface area contributed by atoms with Crippen molar-refractivity contribution in [1.82, 2.24) is 15.1 Å². The van der Waals surface area contributed by atoms with Gasteiger partial charge in [-0.1, -0.05) is 20.8 Å². The molecular weight excluding hydrogens is 454 g/mol. The van der Waals surface area contributed by atoms with Gasteiger partial charge in [0.15, 0.2) is 0 Å². The molecule has 1 N–H and O–H groups in total. The van der Waals surface area contributed by atoms with Gasteiger partial charge in [-0.15, -0.1) is 0 Å². The van der Waals surface area contributed by atoms with Crippen molar-refractivity contribution in [2.75, 3.05) is 26.3 Å². The van der Waals surface area contributed by atoms with Gasteiger partial charge < -0.3 is 19.9 Å². The number of fused-ring (bicyclic) bond motifs is 2. The zero-order valence-electron chi connectivity index (χ0n) is 20.2. The number of halogens is 4. The summed E-state index contributed by atoms with van der Waals surface area (Å²) in [6.07, 6.45) is -2.57. The van der Waals surface area contributed by atoms with E-state index >= 15 is 0 Å². The lowest BCUT2D eigenvalue weighted by Crippen LogP contribution is -2.55. The van der Waals surface area contributed by atoms with Crippen molar-refractivity contribution in [2.45, 2.75) is 95.8 Å². The van der Waals surface area contributed by atoms with Crippen molar-refractivity contribution in [3.63, 3.8) is 0 Å². The van der Waals surface area contributed by atoms with E-state index < -0.39 is 36.0 Å². The van der Waals surface area contributed by atoms with Gasteiger partial charge in [-0.25, -0.2) is 4.39 Å². The van der Waals surface area contributed by atoms with E-state index in [4.69, 9.17) is 4.74 Å². The first-order chi connectivity index (χ1) is 15.9. The maximum absolute atomic E-state index is 14.2. The van der Waals surface area contributed by atoms with Gasteiger partial charge in [0.2, 0.25) is 11.8 Å². The molecule has 6 nitrogen and oxygen atoms in total. The van der Waals surface area contributed by atoms with E-state index in [2.05, 4.69) is 19.2 Å². The number of ether oxygens (including phenoxy) is 1. The number of carbonyl (C=O) groups is 2. The van der Waals surface area contributed by atoms with Crippen molar-refractivity contribution in [3.05, 3.63) is 0 Å². The van der Waals surface area contributed by atoms with Gasteiger partial charge in [0, 0.05) is 38.2 Å². The Morgan fingerprint density at radius 2 is 1.79 bits per heavy atom. The normalized spacial score (nSPS) is 37.0. The monoisotopic (exact) mass is 491 g/mol. The number of nitrogens with zero attached hydrogens (tertiary/aromatic N) is 2. The Kier molecular flexibility index (Phi) is 7.22. The van der Waals surface area contributed by atoms with Gasteiger partial charge in [-0.3, -0.25) is 9.59 Å². The minimum Gasteiger partial charge on any atom is -0.378 e. The van der Waals surface area contributed by atoms with E-state index in [9.17, 15) is 27.2 Å². The summed E-state index contributed by atoms with van der Waals surface area (Å²) in [5.41, 5.74) is -0.543. The molecule has 4 rings (SSSR count). The summed E-state index contributed by atoms with van der Waals surface area (Å²) in [4.78, 5) is 29.8. The molecule has 3 heterocycles. The molecule has 2 bridgehead atoms. The van der Waals surface area contributed by atoms with Crippen LogP contribution >= 0.6 is 0 Å². The van der Waals surface area contributed by atoms with Crippen LogP contribution in [-0.4, -0.2) is 84.4 Å². The van der Waals surface area contributed by atoms with E-state index in [0.717, 1.165) is 19.8 Å². The van der Waals surface area contributed by atoms with Crippen LogP contribution < -0.4 is 5.32 Å². The van der Waals surface area contributed by atoms with E-state index in [0.29, 0.717) is 39.0 Å². The third-order valence-corrected chi connectivity index (χ3v) is 8.68. The summed E-state index contributed by atoms with van der Waals surface area (Å²) < 4.78 is 58.1. The van der Waals surface area contributed by atoms with Crippen molar-refractivity contribution in [3.8, 4) is 0 Å². The smallest absolute Gasteiger partial charge is 0.378 e. The molecule has 3 unspecified atom stereocenters. The lowest BCUT2D eigenvalue weighted by atomic mass is 9.74. The van der Waals surface area contributed by atoms with Gasteiger partial charge in [0.05, 0.1) is 30.0 Å². The molecule has 1 aliphatic carbocycles. The maximum atomic E-state index is 14.2. The largest absolute Gasteiger partial charge is 0.392 e. The summed E-state index contributed by atoms with van der Waals surface area (Å²) in [5.74, 6) is -1.97. The molecule has 0 radical (unpaired) electrons. The molecule has 0 spiro atoms. The van der Waals surface area contributed by atoms with Crippen LogP contribution in [0.15, 0.2) is 0 Å². The van der Waals surface area contributed by atoms with Crippen LogP contribution in [-0.2, 0) is 14.3 Å². The van der Waals surface area contributed by atoms with Crippen molar-refractivity contribution in [1.29, 1.82) is 0 Å². The summed E-state index contributed by atoms with van der Waals surface area (Å²) in [6.45, 7) is 6.46. The maximum Gasteiger partial charge on any atom is 0.392 e. The zero-order valence-corrected chi connectivity index (χ0v) is 20.2. The van der Waals surface area contributed by atoms with Crippen LogP contribution in [0.1, 0.15) is 59.3 Å². The number of rotatable bonds is 6. The highest BCUT2D eigenvalue weighted by Crippen LogP contribution is 2.48. The van der Waals surface area contributed by atoms with Crippen molar-refractivity contribution >= 4 is 11.8 Å². The van der Waals surface area contributed by atoms with Gasteiger partial charge in [0.25, 0.3) is 0 Å². The van der Waals surface area contributed by atoms with Crippen LogP contribution in [0.4, 0.5) is 17.6 Å². The van der Waals surface area contributed by atoms with Gasteiger partial charge in [-0.05, 0) is 38.0 Å². The molecule has 194 valence electrons. The molecule has 3 saturated heterocycles. The Labute approximate surface area is 198 Å². The molecule has 7 atom stereocenters. The lowest BCUT2D eigenvalue weighted by Gasteiger charge is -2.42. The highest BCUT2D eigenvalue weighted by Gasteiger charge is 2.55. The van der Waals surface area contributed by atoms with Crippen molar-refractivity contribution in [2.24, 2.45) is 17.3 Å². The number of likely N-dealkylation sites (tertiary alicyclic amines) is 2. The number of hydrogen-bond donors (Lipinski definition) is 1. The van der Waals surface area contributed by atoms with Crippen molar-refractivity contribution < 1.29 is 31.9 Å². The van der Waals surface area contributed by atoms with Crippen LogP contribution in [0, 0.1) is 17.3 Å². The molecule has 3 aliphatic heterocycles. The fourth-order valence-corrected chi connectivity index (χ4v) is 6.38. The number of piperazine rings is 1. The number of carbonyl (C=O) groups excluding carboxylic acids is 2. The lowest BCUT2D eigenvalue weighted by molar-refractivity contribution is -0.177. The Balaban J connectivity index is 1.37. The average Bonchev–Trinajstić information content (AvgIpc) is 3.48. The molecule has 0 aromatic carbocycles. The minimum absolute atomic E-state index is 0.0643. The first-order valence-corrected chi connectivity index (χ1v) is 12.6. The van der Waals surface area contributed by atoms with Gasteiger partial charge in [-0.2, -0.15) is 13.2 Å². The first kappa shape index (κ1) is 25.7. The fourth-order valence-electron chi connectivity index (χ4n) is 6.38. The summed E-state index contributed by atoms with van der Waals surface area (Å²) in [5, 5.41) is 3.44. The number of hydrogen-bond acceptors (Lipinski definition) is 4. The molecule has 4 aliphatic rings. The summed E-state index contributed by atoms with van der Waals surface area (Å²) in [6, 6.07) is -0.542. The van der Waals surface area contributed by atoms with Crippen LogP contribution in [0.3, 0.4) is 0 Å². The Morgan fingerprint density at radius 3 is 2.38 bits per heavy atom. The molecule has 0 aromatic rings. The predicted molar refractivity (Wildman–Crippen MR) is 118 cm³/mol. The molecule has 2 amide bonds. The van der Waals surface area contributed by atoms with Crippen LogP contribution in [0.25, 0.3) is 0 Å². The third kappa shape index (κ3) is 4.81. The van der Waals surface area contributed by atoms with Crippen LogP contribution in [0.5, 0.6) is 0 Å². The molecule has 1 saturated carbocycles. The second-order valence-electron chi connectivity index (χ2n) is 11.1. The third-order valence-electron chi connectivity index (χ3n) is 8.68. The average molecular weight is 492 g/mol. The summed E-state index contributed by atoms with van der Waals surface area (Å²) >= 11 is 0. The number of alkyl halides is 4. The highest BCUT2D eigenvalue weighted by atomic mass is 19.4. The topological polar surface area (TPSA) is 61.9 Å². The molecule has 4 fully saturated rings. The standard InChI is InChI=1S/C24H37F4N3O3/c1-14(2)23(6-4-16(10-23)29-20-5-7-34-13-19(20)25)22(33)31-12-17-9-18(31)11-30(17)21(32)8-15(3)24(26,27)28/h14-20,29H,4-13H2,1-3H3/t15?,16-,17-,18+,19?,20?,23+/m1/s1. The molecule has 0 aromatic heterocycles. The highest BCUT2D eigenvalue weighted by molar-refractivity contribution is 5.85. The quantitative estimate of drug-likeness (QED) is 0.580. The number of nitrogens with one attached hydrogen (secondary N) is 1. The Morgan fingerprint density at radius 1 is 1.12 bits per heavy atom. The van der Waals surface area contributed by atoms with E-state index in [-0.39, 0.29) is 42.6 Å². The second kappa shape index (κ2) is 9.56. The molecule has 10 heteroatoms. The second-order valence-corrected chi connectivity index (χ2v) is 11.1. The zero-order chi connectivity index (χ0) is 24.8. The molecular formula is C24H37F4N3O3. The first-order valence-electron chi connectivity index (χ1n) is 12.6. The molecule has 34 heavy (non-hydrogen) atoms. The fraction of sp³-hybridized carbons (Fsp3) is 0.917. The SMILES string of the molecule is CC(CC(=O)N1C[C@@H]2C[C@@H]1CN2C(=O)[C@@]1(C(C)C)CC[C@@H](NC2CCOCC2F)C1)C(F)(F)F. The van der Waals surface area contributed by atoms with E-state index in [1.54, 1.807) is 4.90 Å². The van der Waals surface area contributed by atoms with Gasteiger partial charge in [0.1, 0.15) is 6.17 Å². The summed E-state index contributed by atoms with van der Waals surface area (Å²) in [7, 11) is 0. The minimum atomic E-state index is -4.39. The van der Waals surface area contributed by atoms with Gasteiger partial charge >= 0.3 is 6.18 Å².